The second kappa shape index (κ2) is 18.0. The molecule has 0 spiro atoms. The molecule has 1 saturated heterocycles. The van der Waals surface area contributed by atoms with Crippen molar-refractivity contribution in [3.8, 4) is 0 Å². The summed E-state index contributed by atoms with van der Waals surface area (Å²) in [4.78, 5) is 42.1. The zero-order valence-corrected chi connectivity index (χ0v) is 36.2. The fourth-order valence-electron chi connectivity index (χ4n) is 8.70. The molecule has 3 aromatic heterocycles. The van der Waals surface area contributed by atoms with Crippen LogP contribution < -0.4 is 41.5 Å². The van der Waals surface area contributed by atoms with Gasteiger partial charge in [-0.3, -0.25) is 9.59 Å². The van der Waals surface area contributed by atoms with Crippen LogP contribution in [0.4, 0.5) is 0 Å². The zero-order valence-electron chi connectivity index (χ0n) is 34.8. The summed E-state index contributed by atoms with van der Waals surface area (Å²) >= 11 is 0. The van der Waals surface area contributed by atoms with E-state index in [1.54, 1.807) is 0 Å². The predicted molar refractivity (Wildman–Crippen MR) is 224 cm³/mol. The van der Waals surface area contributed by atoms with Gasteiger partial charge in [-0.2, -0.15) is 0 Å². The van der Waals surface area contributed by atoms with Crippen molar-refractivity contribution in [2.75, 3.05) is 13.7 Å². The van der Waals surface area contributed by atoms with Gasteiger partial charge in [-0.1, -0.05) is 99.2 Å². The van der Waals surface area contributed by atoms with Gasteiger partial charge >= 0.3 is 35.0 Å². The number of carbonyl (C=O) groups excluding carboxylic acids is 2. The van der Waals surface area contributed by atoms with Crippen LogP contribution in [0, 0.1) is 44.4 Å². The number of aliphatic hydroxyl groups excluding tert-OH is 1. The first kappa shape index (κ1) is 43.0. The van der Waals surface area contributed by atoms with Crippen LogP contribution in [0.3, 0.4) is 0 Å². The number of fused-ring (bicyclic) bond motifs is 8. The first-order valence-corrected chi connectivity index (χ1v) is 20.0. The number of hydrogen-bond acceptors (Lipinski definition) is 6. The molecule has 2 N–H and O–H groups in total. The average molecular weight is 770 g/mol. The van der Waals surface area contributed by atoms with Crippen LogP contribution in [0.2, 0.25) is 0 Å². The maximum Gasteiger partial charge on any atom is 2.00 e. The molecular weight excluding hydrogens is 713 g/mol. The molecule has 294 valence electrons. The average Bonchev–Trinajstić information content (AvgIpc) is 3.90. The van der Waals surface area contributed by atoms with Crippen molar-refractivity contribution in [1.82, 2.24) is 20.3 Å². The molecule has 5 atom stereocenters. The number of ether oxygens (including phenoxy) is 2. The van der Waals surface area contributed by atoms with Gasteiger partial charge in [0.15, 0.2) is 0 Å². The van der Waals surface area contributed by atoms with E-state index in [4.69, 9.17) is 24.4 Å². The third kappa shape index (κ3) is 8.14. The molecule has 1 fully saturated rings. The molecule has 9 nitrogen and oxygen atoms in total. The van der Waals surface area contributed by atoms with E-state index in [0.29, 0.717) is 28.3 Å². The Labute approximate surface area is 347 Å². The molecule has 0 aromatic carbocycles. The van der Waals surface area contributed by atoms with Gasteiger partial charge in [-0.05, 0) is 82.4 Å². The van der Waals surface area contributed by atoms with E-state index < -0.39 is 17.9 Å². The molecule has 10 heteroatoms. The Hall–Kier alpha value is -4.15. The summed E-state index contributed by atoms with van der Waals surface area (Å²) in [5.41, 5.74) is 10.00. The van der Waals surface area contributed by atoms with E-state index in [0.717, 1.165) is 80.8 Å². The molecule has 5 heterocycles. The van der Waals surface area contributed by atoms with Crippen LogP contribution in [0.5, 0.6) is 0 Å². The van der Waals surface area contributed by atoms with Crippen LogP contribution >= 0.6 is 0 Å². The molecule has 1 aliphatic carbocycles. The maximum atomic E-state index is 13.6. The first-order valence-electron chi connectivity index (χ1n) is 20.0. The Morgan fingerprint density at radius 2 is 1.71 bits per heavy atom. The van der Waals surface area contributed by atoms with Crippen molar-refractivity contribution in [3.63, 3.8) is 0 Å². The molecule has 1 unspecified atom stereocenters. The molecule has 0 radical (unpaired) electrons. The van der Waals surface area contributed by atoms with E-state index in [-0.39, 0.29) is 59.6 Å². The minimum atomic E-state index is -1.04. The second-order valence-corrected chi connectivity index (χ2v) is 15.7. The van der Waals surface area contributed by atoms with Gasteiger partial charge in [0.25, 0.3) is 0 Å². The van der Waals surface area contributed by atoms with Crippen molar-refractivity contribution in [3.05, 3.63) is 90.1 Å². The van der Waals surface area contributed by atoms with Crippen molar-refractivity contribution in [1.29, 1.82) is 0 Å². The van der Waals surface area contributed by atoms with Crippen molar-refractivity contribution in [2.45, 2.75) is 106 Å². The Balaban J connectivity index is 0.00000600. The summed E-state index contributed by atoms with van der Waals surface area (Å²) in [7, 11) is 1.34. The maximum absolute atomic E-state index is 13.6. The van der Waals surface area contributed by atoms with E-state index in [1.807, 2.05) is 38.2 Å². The molecule has 0 saturated carbocycles. The normalized spacial score (nSPS) is 22.5. The minimum Gasteiger partial charge on any atom is -0.657 e. The summed E-state index contributed by atoms with van der Waals surface area (Å²) in [5.74, 6) is -1.42. The number of aliphatic hydroxyl groups is 1. The number of aromatic nitrogens is 3. The molecule has 3 aromatic rings. The van der Waals surface area contributed by atoms with Crippen LogP contribution in [0.25, 0.3) is 35.6 Å². The van der Waals surface area contributed by atoms with Gasteiger partial charge in [-0.25, -0.2) is 0 Å². The molecule has 3 aliphatic rings. The number of rotatable bonds is 13. The van der Waals surface area contributed by atoms with E-state index in [9.17, 15) is 14.7 Å². The SMILES string of the molecule is C=Cc1c2[n-]c(c1C)/C=C1\NC(C3=c4[n-]c(c(C)c4=C(O)[C@@H]3C(=O)OC)/C=c3\[n-]/c(c(C)c3CC)=C\2)[C@@H](CCC(=O)OC/C=C(/C)CCC[C@H](C)CC)[C@@H]1C.[Mg+2]. The minimum absolute atomic E-state index is 0. The Morgan fingerprint density at radius 3 is 2.39 bits per heavy atom. The van der Waals surface area contributed by atoms with Crippen LogP contribution in [-0.2, 0) is 25.5 Å². The number of hydrogen-bond donors (Lipinski definition) is 2. The fourth-order valence-corrected chi connectivity index (χ4v) is 8.70. The van der Waals surface area contributed by atoms with Crippen molar-refractivity contribution >= 4 is 70.6 Å². The quantitative estimate of drug-likeness (QED) is 0.145. The second-order valence-electron chi connectivity index (χ2n) is 15.7. The Morgan fingerprint density at radius 1 is 1.00 bits per heavy atom. The number of nitrogens with zero attached hydrogens (tertiary/aromatic N) is 3. The summed E-state index contributed by atoms with van der Waals surface area (Å²) in [6, 6.07) is -0.443. The van der Waals surface area contributed by atoms with E-state index >= 15 is 0 Å². The monoisotopic (exact) mass is 769 g/mol. The topological polar surface area (TPSA) is 127 Å². The third-order valence-electron chi connectivity index (χ3n) is 12.4. The summed E-state index contributed by atoms with van der Waals surface area (Å²) < 4.78 is 11.0. The number of carbonyl (C=O) groups is 2. The summed E-state index contributed by atoms with van der Waals surface area (Å²) in [6.45, 7) is 21.3. The predicted octanol–water partition coefficient (Wildman–Crippen LogP) is 4.65. The van der Waals surface area contributed by atoms with Gasteiger partial charge in [0.1, 0.15) is 18.3 Å². The number of nitrogens with one attached hydrogen (secondary N) is 1. The van der Waals surface area contributed by atoms with Gasteiger partial charge in [0.05, 0.1) is 13.2 Å². The summed E-state index contributed by atoms with van der Waals surface area (Å²) in [6.07, 6.45) is 15.9. The standard InChI is InChI=1S/C46H57N4O5.Mg/c1-11-24(4)15-14-16-25(5)19-20-55-39(51)18-17-32-28(8)35-21-33-26(6)30(12-2)37(47-33)22-34-27(7)31(13-3)38(48-34)23-36-29(9)40-44(50-36)41(43(32)49-35)42(45(40)52)46(53)54-10;/h12,19,21-24,28,32,42-43,49,52H,2,11,13-18,20H2,1,3-10H3;/q-3;+2/b25-19-,34-22-,35-21-,38-23-;/t24-,28+,32+,42-,43?;/m1./s1. The molecule has 6 rings (SSSR count). The Kier molecular flexibility index (Phi) is 13.8. The van der Waals surface area contributed by atoms with Gasteiger partial charge in [0.2, 0.25) is 0 Å². The van der Waals surface area contributed by atoms with Crippen molar-refractivity contribution in [2.24, 2.45) is 23.7 Å². The summed E-state index contributed by atoms with van der Waals surface area (Å²) in [5, 5.41) is 18.4. The van der Waals surface area contributed by atoms with E-state index in [2.05, 4.69) is 59.5 Å². The zero-order chi connectivity index (χ0) is 39.7. The van der Waals surface area contributed by atoms with Crippen LogP contribution in [0.1, 0.15) is 118 Å². The molecule has 0 amide bonds. The molecule has 8 bridgehead atoms. The third-order valence-corrected chi connectivity index (χ3v) is 12.4. The molecular formula is C46H57MgN4O5-. The smallest absolute Gasteiger partial charge is 0.657 e. The van der Waals surface area contributed by atoms with E-state index in [1.165, 1.54) is 25.5 Å². The Bertz CT molecular complexity index is 2320. The number of methoxy groups -OCH3 is 1. The fraction of sp³-hybridized carbons (Fsp3) is 0.478. The van der Waals surface area contributed by atoms with Crippen molar-refractivity contribution < 1.29 is 24.2 Å². The largest absolute Gasteiger partial charge is 2.00 e. The molecule has 2 aliphatic heterocycles. The van der Waals surface area contributed by atoms with Crippen LogP contribution in [0.15, 0.2) is 23.9 Å². The van der Waals surface area contributed by atoms with Crippen LogP contribution in [-0.4, -0.2) is 59.9 Å². The van der Waals surface area contributed by atoms with Gasteiger partial charge in [0, 0.05) is 23.3 Å². The number of allylic oxidation sites excluding steroid dienone is 2. The van der Waals surface area contributed by atoms with Gasteiger partial charge in [-0.15, -0.1) is 33.1 Å². The number of esters is 2. The first-order chi connectivity index (χ1) is 26.3. The molecule has 56 heavy (non-hydrogen) atoms. The van der Waals surface area contributed by atoms with Gasteiger partial charge < -0.3 is 34.8 Å².